The fourth-order valence-electron chi connectivity index (χ4n) is 4.75. The molecule has 3 heterocycles. The number of hydrogen-bond donors (Lipinski definition) is 2. The van der Waals surface area contributed by atoms with Crippen molar-refractivity contribution in [3.8, 4) is 11.3 Å². The molecule has 0 unspecified atom stereocenters. The van der Waals surface area contributed by atoms with Gasteiger partial charge in [-0.1, -0.05) is 54.6 Å². The predicted octanol–water partition coefficient (Wildman–Crippen LogP) is 6.44. The zero-order valence-electron chi connectivity index (χ0n) is 20.3. The van der Waals surface area contributed by atoms with Crippen LogP contribution >= 0.6 is 11.5 Å². The van der Waals surface area contributed by atoms with Gasteiger partial charge in [0.05, 0.1) is 22.3 Å². The summed E-state index contributed by atoms with van der Waals surface area (Å²) in [6.45, 7) is 0.284. The highest BCUT2D eigenvalue weighted by Gasteiger charge is 2.18. The van der Waals surface area contributed by atoms with Crippen LogP contribution in [0.25, 0.3) is 27.5 Å². The number of benzene rings is 3. The van der Waals surface area contributed by atoms with Gasteiger partial charge in [-0.25, -0.2) is 4.79 Å². The number of amides is 1. The molecule has 0 bridgehead atoms. The van der Waals surface area contributed by atoms with Crippen molar-refractivity contribution in [2.75, 3.05) is 0 Å². The summed E-state index contributed by atoms with van der Waals surface area (Å²) in [4.78, 5) is 24.7. The molecule has 6 rings (SSSR count). The normalized spacial score (nSPS) is 11.2. The Morgan fingerprint density at radius 1 is 0.895 bits per heavy atom. The van der Waals surface area contributed by atoms with Crippen LogP contribution < -0.4 is 5.32 Å². The first kappa shape index (κ1) is 23.6. The minimum atomic E-state index is -0.978. The van der Waals surface area contributed by atoms with Gasteiger partial charge in [0.25, 0.3) is 5.91 Å². The van der Waals surface area contributed by atoms with Crippen molar-refractivity contribution in [3.05, 3.63) is 131 Å². The lowest BCUT2D eigenvalue weighted by atomic mass is 10.00. The van der Waals surface area contributed by atoms with Gasteiger partial charge in [-0.05, 0) is 75.7 Å². The van der Waals surface area contributed by atoms with Crippen LogP contribution in [-0.2, 0) is 13.0 Å². The van der Waals surface area contributed by atoms with Crippen molar-refractivity contribution in [2.24, 2.45) is 0 Å². The molecule has 7 heteroatoms. The van der Waals surface area contributed by atoms with E-state index in [1.54, 1.807) is 24.3 Å². The van der Waals surface area contributed by atoms with E-state index in [2.05, 4.69) is 46.1 Å². The Labute approximate surface area is 223 Å². The third-order valence-electron chi connectivity index (χ3n) is 6.67. The van der Waals surface area contributed by atoms with Crippen molar-refractivity contribution in [3.63, 3.8) is 0 Å². The van der Waals surface area contributed by atoms with Gasteiger partial charge in [0.1, 0.15) is 0 Å². The maximum atomic E-state index is 13.6. The molecule has 1 amide bonds. The maximum Gasteiger partial charge on any atom is 0.335 e. The van der Waals surface area contributed by atoms with Crippen molar-refractivity contribution < 1.29 is 14.7 Å². The highest BCUT2D eigenvalue weighted by atomic mass is 32.1. The van der Waals surface area contributed by atoms with Crippen molar-refractivity contribution in [1.82, 2.24) is 14.1 Å². The van der Waals surface area contributed by atoms with Crippen LogP contribution in [0.1, 0.15) is 37.4 Å². The predicted molar refractivity (Wildman–Crippen MR) is 150 cm³/mol. The molecule has 0 aliphatic carbocycles. The Morgan fingerprint density at radius 3 is 2.45 bits per heavy atom. The number of fused-ring (bicyclic) bond motifs is 2. The molecule has 38 heavy (non-hydrogen) atoms. The van der Waals surface area contributed by atoms with E-state index in [-0.39, 0.29) is 18.0 Å². The molecule has 6 aromatic rings. The molecule has 3 aromatic carbocycles. The smallest absolute Gasteiger partial charge is 0.335 e. The Morgan fingerprint density at radius 2 is 1.68 bits per heavy atom. The van der Waals surface area contributed by atoms with Crippen LogP contribution in [0.5, 0.6) is 0 Å². The van der Waals surface area contributed by atoms with Gasteiger partial charge >= 0.3 is 5.97 Å². The maximum absolute atomic E-state index is 13.6. The second kappa shape index (κ2) is 9.95. The molecule has 2 N–H and O–H groups in total. The standard InChI is InChI=1S/C31H23N3O3S/c35-30(32-18-20-5-9-23(10-6-20)31(36)37)27-17-26(28-12-14-38-33-28)19-34-13-11-25(29(27)34)16-21-7-8-22-3-1-2-4-24(22)15-21/h1-15,17,19H,16,18H2,(H,32,35)(H,36,37). The van der Waals surface area contributed by atoms with Gasteiger partial charge < -0.3 is 14.8 Å². The SMILES string of the molecule is O=C(O)c1ccc(CNC(=O)c2cc(-c3ccsn3)cn3ccc(Cc4ccc5ccccc5c4)c23)cc1. The number of nitrogens with one attached hydrogen (secondary N) is 1. The van der Waals surface area contributed by atoms with Crippen molar-refractivity contribution in [1.29, 1.82) is 0 Å². The summed E-state index contributed by atoms with van der Waals surface area (Å²) in [5.41, 5.74) is 6.37. The Bertz CT molecular complexity index is 1790. The summed E-state index contributed by atoms with van der Waals surface area (Å²) in [5, 5.41) is 16.5. The molecule has 0 saturated heterocycles. The number of nitrogens with zero attached hydrogens (tertiary/aromatic N) is 2. The van der Waals surface area contributed by atoms with E-state index in [1.165, 1.54) is 27.9 Å². The number of carboxylic acid groups (broad SMARTS) is 1. The summed E-state index contributed by atoms with van der Waals surface area (Å²) in [6.07, 6.45) is 4.69. The van der Waals surface area contributed by atoms with Crippen LogP contribution in [-0.4, -0.2) is 25.8 Å². The van der Waals surface area contributed by atoms with Gasteiger partial charge in [-0.2, -0.15) is 4.37 Å². The first-order valence-electron chi connectivity index (χ1n) is 12.2. The Balaban J connectivity index is 1.35. The van der Waals surface area contributed by atoms with Crippen LogP contribution in [0, 0.1) is 0 Å². The highest BCUT2D eigenvalue weighted by Crippen LogP contribution is 2.28. The number of carboxylic acids is 1. The van der Waals surface area contributed by atoms with Gasteiger partial charge in [0.2, 0.25) is 0 Å². The van der Waals surface area contributed by atoms with Gasteiger partial charge in [-0.15, -0.1) is 0 Å². The van der Waals surface area contributed by atoms with Crippen LogP contribution in [0.4, 0.5) is 0 Å². The van der Waals surface area contributed by atoms with Crippen molar-refractivity contribution >= 4 is 39.7 Å². The summed E-state index contributed by atoms with van der Waals surface area (Å²) in [6, 6.07) is 27.2. The average Bonchev–Trinajstić information content (AvgIpc) is 3.62. The summed E-state index contributed by atoms with van der Waals surface area (Å²) in [7, 11) is 0. The molecule has 0 radical (unpaired) electrons. The van der Waals surface area contributed by atoms with E-state index >= 15 is 0 Å². The quantitative estimate of drug-likeness (QED) is 0.255. The Hall–Kier alpha value is -4.75. The molecule has 6 nitrogen and oxygen atoms in total. The number of hydrogen-bond acceptors (Lipinski definition) is 4. The third kappa shape index (κ3) is 4.67. The largest absolute Gasteiger partial charge is 0.478 e. The van der Waals surface area contributed by atoms with E-state index in [1.807, 2.05) is 46.4 Å². The van der Waals surface area contributed by atoms with E-state index in [0.29, 0.717) is 12.0 Å². The number of aromatic nitrogens is 2. The number of aromatic carboxylic acids is 1. The molecule has 0 spiro atoms. The highest BCUT2D eigenvalue weighted by molar-refractivity contribution is 7.03. The summed E-state index contributed by atoms with van der Waals surface area (Å²) in [5.74, 6) is -1.18. The average molecular weight is 518 g/mol. The molecular weight excluding hydrogens is 494 g/mol. The van der Waals surface area contributed by atoms with Crippen LogP contribution in [0.3, 0.4) is 0 Å². The molecule has 0 aliphatic rings. The zero-order chi connectivity index (χ0) is 26.1. The van der Waals surface area contributed by atoms with Crippen LogP contribution in [0.2, 0.25) is 0 Å². The number of carbonyl (C=O) groups is 2. The van der Waals surface area contributed by atoms with E-state index in [9.17, 15) is 9.59 Å². The molecule has 3 aromatic heterocycles. The number of carbonyl (C=O) groups excluding carboxylic acids is 1. The number of pyridine rings is 1. The lowest BCUT2D eigenvalue weighted by molar-refractivity contribution is 0.0696. The first-order chi connectivity index (χ1) is 18.5. The van der Waals surface area contributed by atoms with E-state index < -0.39 is 5.97 Å². The monoisotopic (exact) mass is 517 g/mol. The van der Waals surface area contributed by atoms with Crippen LogP contribution in [0.15, 0.2) is 103 Å². The second-order valence-electron chi connectivity index (χ2n) is 9.17. The molecule has 0 atom stereocenters. The molecule has 0 aliphatic heterocycles. The number of rotatable bonds is 7. The summed E-state index contributed by atoms with van der Waals surface area (Å²) >= 11 is 1.37. The molecule has 0 saturated carbocycles. The molecule has 186 valence electrons. The van der Waals surface area contributed by atoms with Crippen molar-refractivity contribution in [2.45, 2.75) is 13.0 Å². The van der Waals surface area contributed by atoms with Gasteiger partial charge in [0, 0.05) is 29.9 Å². The minimum absolute atomic E-state index is 0.201. The summed E-state index contributed by atoms with van der Waals surface area (Å²) < 4.78 is 6.46. The van der Waals surface area contributed by atoms with E-state index in [4.69, 9.17) is 5.11 Å². The topological polar surface area (TPSA) is 83.7 Å². The Kier molecular flexibility index (Phi) is 6.19. The lowest BCUT2D eigenvalue weighted by Crippen LogP contribution is -2.23. The second-order valence-corrected chi connectivity index (χ2v) is 9.83. The fraction of sp³-hybridized carbons (Fsp3) is 0.0645. The minimum Gasteiger partial charge on any atom is -0.478 e. The molecule has 0 fully saturated rings. The van der Waals surface area contributed by atoms with E-state index in [0.717, 1.165) is 27.9 Å². The molecular formula is C31H23N3O3S. The van der Waals surface area contributed by atoms with Gasteiger partial charge in [0.15, 0.2) is 0 Å². The first-order valence-corrected chi connectivity index (χ1v) is 13.0. The van der Waals surface area contributed by atoms with Gasteiger partial charge in [-0.3, -0.25) is 4.79 Å². The zero-order valence-corrected chi connectivity index (χ0v) is 21.1. The fourth-order valence-corrected chi connectivity index (χ4v) is 5.28. The lowest BCUT2D eigenvalue weighted by Gasteiger charge is -2.12. The third-order valence-corrected chi connectivity index (χ3v) is 7.23.